The largest absolute Gasteiger partial charge is 0.474 e. The Hall–Kier alpha value is -3.45. The number of hydrogen-bond acceptors (Lipinski definition) is 7. The molecule has 0 saturated carbocycles. The normalized spacial score (nSPS) is 17.6. The molecular weight excluding hydrogens is 510 g/mol. The van der Waals surface area contributed by atoms with Crippen molar-refractivity contribution in [3.05, 3.63) is 83.6 Å². The molecular formula is C30H35N5O3S. The Labute approximate surface area is 231 Å². The average molecular weight is 546 g/mol. The Morgan fingerprint density at radius 2 is 1.64 bits per heavy atom. The van der Waals surface area contributed by atoms with Crippen LogP contribution >= 0.6 is 0 Å². The van der Waals surface area contributed by atoms with E-state index in [0.717, 1.165) is 64.0 Å². The minimum absolute atomic E-state index is 0.0641. The lowest BCUT2D eigenvalue weighted by Gasteiger charge is -2.33. The van der Waals surface area contributed by atoms with E-state index in [4.69, 9.17) is 10.00 Å². The summed E-state index contributed by atoms with van der Waals surface area (Å²) in [6.45, 7) is 6.32. The Morgan fingerprint density at radius 3 is 2.26 bits per heavy atom. The summed E-state index contributed by atoms with van der Waals surface area (Å²) < 4.78 is 34.9. The minimum atomic E-state index is -3.66. The molecule has 1 N–H and O–H groups in total. The molecule has 0 bridgehead atoms. The van der Waals surface area contributed by atoms with Crippen molar-refractivity contribution in [3.8, 4) is 11.9 Å². The molecule has 1 aromatic heterocycles. The highest BCUT2D eigenvalue weighted by Gasteiger charge is 2.26. The summed E-state index contributed by atoms with van der Waals surface area (Å²) in [7, 11) is -3.66. The Kier molecular flexibility index (Phi) is 8.46. The van der Waals surface area contributed by atoms with Gasteiger partial charge < -0.3 is 9.64 Å². The summed E-state index contributed by atoms with van der Waals surface area (Å²) in [4.78, 5) is 9.14. The number of benzene rings is 2. The third-order valence-corrected chi connectivity index (χ3v) is 9.05. The highest BCUT2D eigenvalue weighted by atomic mass is 32.2. The predicted octanol–water partition coefficient (Wildman–Crippen LogP) is 4.25. The number of nitrogens with one attached hydrogen (secondary N) is 1. The maximum absolute atomic E-state index is 13.0. The van der Waals surface area contributed by atoms with E-state index in [-0.39, 0.29) is 17.0 Å². The topological polar surface area (TPSA) is 98.6 Å². The van der Waals surface area contributed by atoms with Gasteiger partial charge in [0, 0.05) is 63.4 Å². The van der Waals surface area contributed by atoms with Gasteiger partial charge in [-0.2, -0.15) is 5.26 Å². The molecule has 0 aliphatic carbocycles. The van der Waals surface area contributed by atoms with E-state index >= 15 is 0 Å². The van der Waals surface area contributed by atoms with E-state index in [9.17, 15) is 8.42 Å². The first-order chi connectivity index (χ1) is 18.9. The first-order valence-electron chi connectivity index (χ1n) is 13.6. The Morgan fingerprint density at radius 1 is 0.949 bits per heavy atom. The smallest absolute Gasteiger partial charge is 0.242 e. The minimum Gasteiger partial charge on any atom is -0.474 e. The van der Waals surface area contributed by atoms with Gasteiger partial charge in [0.1, 0.15) is 11.0 Å². The van der Waals surface area contributed by atoms with Gasteiger partial charge in [0.15, 0.2) is 0 Å². The zero-order chi connectivity index (χ0) is 27.2. The summed E-state index contributed by atoms with van der Waals surface area (Å²) in [5, 5.41) is 8.95. The SMILES string of the molecule is Cc1ccc(N2CCC(Oc3ccc(S(=O)(=O)NC4CCN(Cc5ccc(C#N)cc5)CC4)cn3)CC2)cc1. The molecule has 0 unspecified atom stereocenters. The van der Waals surface area contributed by atoms with E-state index in [2.05, 4.69) is 56.8 Å². The highest BCUT2D eigenvalue weighted by Crippen LogP contribution is 2.24. The van der Waals surface area contributed by atoms with Crippen LogP contribution in [0.4, 0.5) is 5.69 Å². The van der Waals surface area contributed by atoms with Gasteiger partial charge in [-0.25, -0.2) is 18.1 Å². The molecule has 0 atom stereocenters. The van der Waals surface area contributed by atoms with Crippen molar-refractivity contribution >= 4 is 15.7 Å². The molecule has 3 heterocycles. The van der Waals surface area contributed by atoms with E-state index in [1.54, 1.807) is 12.1 Å². The van der Waals surface area contributed by atoms with Gasteiger partial charge in [0.05, 0.1) is 17.8 Å². The number of nitriles is 1. The lowest BCUT2D eigenvalue weighted by Crippen LogP contribution is -2.44. The van der Waals surface area contributed by atoms with Crippen LogP contribution < -0.4 is 14.4 Å². The molecule has 0 radical (unpaired) electrons. The Bertz CT molecular complexity index is 1370. The van der Waals surface area contributed by atoms with Gasteiger partial charge in [-0.05, 0) is 55.7 Å². The number of aromatic nitrogens is 1. The number of nitrogens with zero attached hydrogens (tertiary/aromatic N) is 4. The van der Waals surface area contributed by atoms with Crippen LogP contribution in [0, 0.1) is 18.3 Å². The van der Waals surface area contributed by atoms with Crippen LogP contribution in [0.2, 0.25) is 0 Å². The summed E-state index contributed by atoms with van der Waals surface area (Å²) in [6, 6.07) is 21.4. The quantitative estimate of drug-likeness (QED) is 0.452. The monoisotopic (exact) mass is 545 g/mol. The summed E-state index contributed by atoms with van der Waals surface area (Å²) in [5.41, 5.74) is 4.29. The molecule has 0 spiro atoms. The second-order valence-electron chi connectivity index (χ2n) is 10.5. The zero-order valence-electron chi connectivity index (χ0n) is 22.3. The van der Waals surface area contributed by atoms with Gasteiger partial charge in [-0.3, -0.25) is 4.90 Å². The fourth-order valence-electron chi connectivity index (χ4n) is 5.19. The molecule has 2 aliphatic heterocycles. The third-order valence-electron chi connectivity index (χ3n) is 7.55. The van der Waals surface area contributed by atoms with E-state index < -0.39 is 10.0 Å². The number of sulfonamides is 1. The lowest BCUT2D eigenvalue weighted by atomic mass is 10.0. The van der Waals surface area contributed by atoms with Gasteiger partial charge in [-0.15, -0.1) is 0 Å². The first-order valence-corrected chi connectivity index (χ1v) is 15.0. The number of anilines is 1. The van der Waals surface area contributed by atoms with Crippen LogP contribution in [0.1, 0.15) is 42.4 Å². The molecule has 9 heteroatoms. The molecule has 2 aromatic carbocycles. The van der Waals surface area contributed by atoms with Crippen molar-refractivity contribution in [1.82, 2.24) is 14.6 Å². The molecule has 3 aromatic rings. The fourth-order valence-corrected chi connectivity index (χ4v) is 6.44. The fraction of sp³-hybridized carbons (Fsp3) is 0.400. The number of rotatable bonds is 8. The Balaban J connectivity index is 1.07. The second-order valence-corrected chi connectivity index (χ2v) is 12.2. The van der Waals surface area contributed by atoms with Gasteiger partial charge in [-0.1, -0.05) is 29.8 Å². The van der Waals surface area contributed by atoms with Crippen molar-refractivity contribution < 1.29 is 13.2 Å². The number of pyridine rings is 1. The molecule has 8 nitrogen and oxygen atoms in total. The van der Waals surface area contributed by atoms with Crippen LogP contribution in [-0.4, -0.2) is 56.6 Å². The van der Waals surface area contributed by atoms with Crippen LogP contribution in [-0.2, 0) is 16.6 Å². The van der Waals surface area contributed by atoms with E-state index in [0.29, 0.717) is 11.4 Å². The van der Waals surface area contributed by atoms with E-state index in [1.807, 2.05) is 24.3 Å². The molecule has 0 amide bonds. The van der Waals surface area contributed by atoms with Crippen molar-refractivity contribution in [2.24, 2.45) is 0 Å². The lowest BCUT2D eigenvalue weighted by molar-refractivity contribution is 0.164. The standard InChI is InChI=1S/C30H35N5O3S/c1-23-2-8-27(9-3-23)35-18-14-28(15-19-35)38-30-11-10-29(21-32-30)39(36,37)33-26-12-16-34(17-13-26)22-25-6-4-24(20-31)5-7-25/h2-11,21,26,28,33H,12-19,22H2,1H3. The molecule has 204 valence electrons. The molecule has 2 aliphatic rings. The summed E-state index contributed by atoms with van der Waals surface area (Å²) in [6.07, 6.45) is 4.71. The average Bonchev–Trinajstić information content (AvgIpc) is 2.96. The first kappa shape index (κ1) is 27.1. The van der Waals surface area contributed by atoms with Crippen molar-refractivity contribution in [2.75, 3.05) is 31.1 Å². The predicted molar refractivity (Wildman–Crippen MR) is 151 cm³/mol. The molecule has 2 saturated heterocycles. The number of piperidine rings is 2. The van der Waals surface area contributed by atoms with Crippen LogP contribution in [0.5, 0.6) is 5.88 Å². The van der Waals surface area contributed by atoms with Gasteiger partial charge in [0.25, 0.3) is 0 Å². The number of aryl methyl sites for hydroxylation is 1. The zero-order valence-corrected chi connectivity index (χ0v) is 23.1. The maximum atomic E-state index is 13.0. The highest BCUT2D eigenvalue weighted by molar-refractivity contribution is 7.89. The van der Waals surface area contributed by atoms with Crippen LogP contribution in [0.15, 0.2) is 71.8 Å². The number of hydrogen-bond donors (Lipinski definition) is 1. The second kappa shape index (κ2) is 12.2. The van der Waals surface area contributed by atoms with Crippen molar-refractivity contribution in [1.29, 1.82) is 5.26 Å². The van der Waals surface area contributed by atoms with Gasteiger partial charge >= 0.3 is 0 Å². The van der Waals surface area contributed by atoms with Crippen LogP contribution in [0.3, 0.4) is 0 Å². The van der Waals surface area contributed by atoms with Gasteiger partial charge in [0.2, 0.25) is 15.9 Å². The summed E-state index contributed by atoms with van der Waals surface area (Å²) >= 11 is 0. The third kappa shape index (κ3) is 7.15. The van der Waals surface area contributed by atoms with E-state index in [1.165, 1.54) is 17.4 Å². The molecule has 5 rings (SSSR count). The summed E-state index contributed by atoms with van der Waals surface area (Å²) in [5.74, 6) is 0.457. The molecule has 39 heavy (non-hydrogen) atoms. The van der Waals surface area contributed by atoms with Crippen LogP contribution in [0.25, 0.3) is 0 Å². The molecule has 2 fully saturated rings. The van der Waals surface area contributed by atoms with Crippen molar-refractivity contribution in [2.45, 2.75) is 56.2 Å². The number of likely N-dealkylation sites (tertiary alicyclic amines) is 1. The number of ether oxygens (including phenoxy) is 1. The maximum Gasteiger partial charge on any atom is 0.242 e. The van der Waals surface area contributed by atoms with Crippen molar-refractivity contribution in [3.63, 3.8) is 0 Å².